The lowest BCUT2D eigenvalue weighted by Crippen LogP contribution is -2.39. The van der Waals surface area contributed by atoms with Crippen LogP contribution < -0.4 is 10.6 Å². The van der Waals surface area contributed by atoms with Gasteiger partial charge in [-0.2, -0.15) is 0 Å². The van der Waals surface area contributed by atoms with E-state index in [0.717, 1.165) is 24.4 Å². The summed E-state index contributed by atoms with van der Waals surface area (Å²) in [7, 11) is 0. The second kappa shape index (κ2) is 5.77. The first-order valence-corrected chi connectivity index (χ1v) is 6.90. The molecular formula is C15H18N4O. The van der Waals surface area contributed by atoms with Crippen molar-refractivity contribution in [2.75, 3.05) is 18.4 Å². The van der Waals surface area contributed by atoms with E-state index >= 15 is 0 Å². The quantitative estimate of drug-likeness (QED) is 0.785. The molecule has 0 bridgehead atoms. The van der Waals surface area contributed by atoms with E-state index < -0.39 is 0 Å². The zero-order chi connectivity index (χ0) is 13.8. The van der Waals surface area contributed by atoms with Crippen molar-refractivity contribution >= 4 is 11.6 Å². The number of nitrogens with one attached hydrogen (secondary N) is 3. The third-order valence-electron chi connectivity index (χ3n) is 3.61. The van der Waals surface area contributed by atoms with Gasteiger partial charge >= 0.3 is 0 Å². The summed E-state index contributed by atoms with van der Waals surface area (Å²) in [6.45, 7) is 1.31. The maximum absolute atomic E-state index is 12.2. The highest BCUT2D eigenvalue weighted by Crippen LogP contribution is 2.24. The molecule has 0 aliphatic carbocycles. The van der Waals surface area contributed by atoms with Crippen molar-refractivity contribution in [3.63, 3.8) is 0 Å². The number of fused-ring (bicyclic) bond motifs is 1. The van der Waals surface area contributed by atoms with Crippen LogP contribution in [0, 0.1) is 5.92 Å². The van der Waals surface area contributed by atoms with Gasteiger partial charge in [0.05, 0.1) is 5.92 Å². The Morgan fingerprint density at radius 2 is 2.30 bits per heavy atom. The molecule has 1 amide bonds. The van der Waals surface area contributed by atoms with Crippen molar-refractivity contribution < 1.29 is 4.79 Å². The molecule has 0 saturated heterocycles. The number of nitrogens with zero attached hydrogens (tertiary/aromatic N) is 1. The minimum atomic E-state index is 0.00139. The highest BCUT2D eigenvalue weighted by Gasteiger charge is 2.23. The average Bonchev–Trinajstić information content (AvgIpc) is 3.00. The molecule has 5 nitrogen and oxygen atoms in total. The van der Waals surface area contributed by atoms with E-state index in [0.29, 0.717) is 13.1 Å². The fraction of sp³-hybridized carbons (Fsp3) is 0.333. The molecule has 0 spiro atoms. The van der Waals surface area contributed by atoms with E-state index in [1.54, 1.807) is 12.4 Å². The molecule has 0 fully saturated rings. The summed E-state index contributed by atoms with van der Waals surface area (Å²) in [5.41, 5.74) is 2.36. The van der Waals surface area contributed by atoms with E-state index in [4.69, 9.17) is 0 Å². The zero-order valence-electron chi connectivity index (χ0n) is 11.2. The monoisotopic (exact) mass is 270 g/mol. The molecule has 1 aromatic heterocycles. The van der Waals surface area contributed by atoms with Gasteiger partial charge < -0.3 is 15.6 Å². The Morgan fingerprint density at radius 1 is 1.40 bits per heavy atom. The summed E-state index contributed by atoms with van der Waals surface area (Å²) >= 11 is 0. The number of aromatic nitrogens is 2. The van der Waals surface area contributed by atoms with Crippen molar-refractivity contribution in [3.8, 4) is 0 Å². The molecule has 5 heteroatoms. The number of hydrogen-bond donors (Lipinski definition) is 3. The Morgan fingerprint density at radius 3 is 3.15 bits per heavy atom. The van der Waals surface area contributed by atoms with E-state index in [-0.39, 0.29) is 11.8 Å². The van der Waals surface area contributed by atoms with Crippen LogP contribution in [0.3, 0.4) is 0 Å². The summed E-state index contributed by atoms with van der Waals surface area (Å²) in [5, 5.41) is 6.30. The van der Waals surface area contributed by atoms with Gasteiger partial charge in [-0.3, -0.25) is 4.79 Å². The van der Waals surface area contributed by atoms with Crippen LogP contribution >= 0.6 is 0 Å². The molecule has 104 valence electrons. The molecule has 3 N–H and O–H groups in total. The number of amides is 1. The second-order valence-electron chi connectivity index (χ2n) is 5.02. The van der Waals surface area contributed by atoms with E-state index in [2.05, 4.69) is 32.7 Å². The first kappa shape index (κ1) is 12.7. The van der Waals surface area contributed by atoms with Crippen molar-refractivity contribution in [1.82, 2.24) is 15.3 Å². The van der Waals surface area contributed by atoms with Crippen molar-refractivity contribution in [2.24, 2.45) is 5.92 Å². The predicted octanol–water partition coefficient (Wildman–Crippen LogP) is 1.35. The molecule has 1 aliphatic heterocycles. The minimum Gasteiger partial charge on any atom is -0.384 e. The number of rotatable bonds is 4. The number of hydrogen-bond acceptors (Lipinski definition) is 3. The van der Waals surface area contributed by atoms with Gasteiger partial charge in [0.1, 0.15) is 5.82 Å². The number of anilines is 1. The number of imidazole rings is 1. The van der Waals surface area contributed by atoms with E-state index in [9.17, 15) is 4.79 Å². The number of benzene rings is 1. The standard InChI is InChI=1S/C15H18N4O/c20-15(18-6-5-14-16-7-8-17-14)12-9-11-3-1-2-4-13(11)19-10-12/h1-4,7-8,12,19H,5-6,9-10H2,(H,16,17)(H,18,20). The topological polar surface area (TPSA) is 69.8 Å². The molecule has 2 aromatic rings. The van der Waals surface area contributed by atoms with Crippen LogP contribution in [0.2, 0.25) is 0 Å². The molecule has 0 radical (unpaired) electrons. The van der Waals surface area contributed by atoms with Gasteiger partial charge in [-0.05, 0) is 18.1 Å². The Balaban J connectivity index is 1.51. The second-order valence-corrected chi connectivity index (χ2v) is 5.02. The van der Waals surface area contributed by atoms with Crippen molar-refractivity contribution in [2.45, 2.75) is 12.8 Å². The molecule has 1 aromatic carbocycles. The highest BCUT2D eigenvalue weighted by atomic mass is 16.1. The van der Waals surface area contributed by atoms with Crippen LogP contribution in [0.4, 0.5) is 5.69 Å². The largest absolute Gasteiger partial charge is 0.384 e. The lowest BCUT2D eigenvalue weighted by Gasteiger charge is -2.25. The number of H-pyrrole nitrogens is 1. The van der Waals surface area contributed by atoms with Crippen LogP contribution in [0.15, 0.2) is 36.7 Å². The van der Waals surface area contributed by atoms with Gasteiger partial charge in [0.15, 0.2) is 0 Å². The van der Waals surface area contributed by atoms with Gasteiger partial charge in [-0.25, -0.2) is 4.98 Å². The Labute approximate surface area is 117 Å². The maximum Gasteiger partial charge on any atom is 0.225 e. The SMILES string of the molecule is O=C(NCCc1ncc[nH]1)C1CNc2ccccc2C1. The van der Waals surface area contributed by atoms with Crippen LogP contribution in [-0.2, 0) is 17.6 Å². The average molecular weight is 270 g/mol. The van der Waals surface area contributed by atoms with Gasteiger partial charge in [-0.15, -0.1) is 0 Å². The molecule has 2 heterocycles. The Kier molecular flexibility index (Phi) is 3.67. The van der Waals surface area contributed by atoms with Gasteiger partial charge in [0.25, 0.3) is 0 Å². The number of para-hydroxylation sites is 1. The summed E-state index contributed by atoms with van der Waals surface area (Å²) in [6, 6.07) is 8.15. The molecule has 1 unspecified atom stereocenters. The zero-order valence-corrected chi connectivity index (χ0v) is 11.2. The molecule has 20 heavy (non-hydrogen) atoms. The summed E-state index contributed by atoms with van der Waals surface area (Å²) in [6.07, 6.45) is 5.05. The fourth-order valence-corrected chi connectivity index (χ4v) is 2.51. The van der Waals surface area contributed by atoms with Crippen molar-refractivity contribution in [1.29, 1.82) is 0 Å². The van der Waals surface area contributed by atoms with Gasteiger partial charge in [-0.1, -0.05) is 18.2 Å². The number of carbonyl (C=O) groups is 1. The normalized spacial score (nSPS) is 17.1. The molecule has 3 rings (SSSR count). The number of carbonyl (C=O) groups excluding carboxylic acids is 1. The van der Waals surface area contributed by atoms with Crippen LogP contribution in [-0.4, -0.2) is 29.0 Å². The summed E-state index contributed by atoms with van der Waals surface area (Å²) in [5.74, 6) is 1.01. The smallest absolute Gasteiger partial charge is 0.225 e. The summed E-state index contributed by atoms with van der Waals surface area (Å²) < 4.78 is 0. The molecule has 0 saturated carbocycles. The molecule has 1 aliphatic rings. The van der Waals surface area contributed by atoms with Crippen molar-refractivity contribution in [3.05, 3.63) is 48.0 Å². The Bertz CT molecular complexity index is 579. The third-order valence-corrected chi connectivity index (χ3v) is 3.61. The Hall–Kier alpha value is -2.30. The first-order valence-electron chi connectivity index (χ1n) is 6.90. The minimum absolute atomic E-state index is 0.00139. The van der Waals surface area contributed by atoms with Gasteiger partial charge in [0.2, 0.25) is 5.91 Å². The fourth-order valence-electron chi connectivity index (χ4n) is 2.51. The number of aromatic amines is 1. The lowest BCUT2D eigenvalue weighted by molar-refractivity contribution is -0.124. The van der Waals surface area contributed by atoms with E-state index in [1.165, 1.54) is 5.56 Å². The van der Waals surface area contributed by atoms with Crippen LogP contribution in [0.5, 0.6) is 0 Å². The van der Waals surface area contributed by atoms with Crippen LogP contribution in [0.1, 0.15) is 11.4 Å². The third kappa shape index (κ3) is 2.82. The highest BCUT2D eigenvalue weighted by molar-refractivity contribution is 5.80. The molecular weight excluding hydrogens is 252 g/mol. The summed E-state index contributed by atoms with van der Waals surface area (Å²) in [4.78, 5) is 19.3. The van der Waals surface area contributed by atoms with E-state index in [1.807, 2.05) is 12.1 Å². The van der Waals surface area contributed by atoms with Crippen LogP contribution in [0.25, 0.3) is 0 Å². The maximum atomic E-state index is 12.2. The van der Waals surface area contributed by atoms with Gasteiger partial charge in [0, 0.05) is 37.6 Å². The molecule has 1 atom stereocenters. The lowest BCUT2D eigenvalue weighted by atomic mass is 9.93. The first-order chi connectivity index (χ1) is 9.83. The predicted molar refractivity (Wildman–Crippen MR) is 77.4 cm³/mol.